The summed E-state index contributed by atoms with van der Waals surface area (Å²) in [5.41, 5.74) is -0.425. The molecule has 2 aliphatic rings. The van der Waals surface area contributed by atoms with Gasteiger partial charge in [-0.15, -0.1) is 5.06 Å². The Morgan fingerprint density at radius 1 is 1.25 bits per heavy atom. The van der Waals surface area contributed by atoms with Gasteiger partial charge in [-0.25, -0.2) is 4.79 Å². The molecule has 1 N–H and O–H groups in total. The third-order valence-corrected chi connectivity index (χ3v) is 4.03. The van der Waals surface area contributed by atoms with E-state index >= 15 is 0 Å². The molecule has 0 aromatic rings. The van der Waals surface area contributed by atoms with E-state index in [1.165, 1.54) is 6.42 Å². The maximum absolute atomic E-state index is 11.9. The molecule has 0 amide bonds. The highest BCUT2D eigenvalue weighted by molar-refractivity contribution is 5.75. The molecule has 2 aliphatic heterocycles. The zero-order chi connectivity index (χ0) is 14.6. The van der Waals surface area contributed by atoms with E-state index in [1.54, 1.807) is 0 Å². The summed E-state index contributed by atoms with van der Waals surface area (Å²) in [4.78, 5) is 20.0. The highest BCUT2D eigenvalue weighted by Gasteiger charge is 2.29. The fourth-order valence-corrected chi connectivity index (χ4v) is 2.77. The molecule has 1 atom stereocenters. The Morgan fingerprint density at radius 3 is 2.60 bits per heavy atom. The number of carbonyl (C=O) groups excluding carboxylic acids is 1. The lowest BCUT2D eigenvalue weighted by molar-refractivity contribution is -0.208. The van der Waals surface area contributed by atoms with Crippen LogP contribution in [0.3, 0.4) is 0 Å². The van der Waals surface area contributed by atoms with E-state index in [2.05, 4.69) is 10.2 Å². The van der Waals surface area contributed by atoms with Crippen molar-refractivity contribution in [3.05, 3.63) is 0 Å². The lowest BCUT2D eigenvalue weighted by Gasteiger charge is -2.36. The first-order chi connectivity index (χ1) is 9.45. The first-order valence-corrected chi connectivity index (χ1v) is 7.85. The Labute approximate surface area is 122 Å². The highest BCUT2D eigenvalue weighted by atomic mass is 16.7. The number of nitrogens with zero attached hydrogens (tertiary/aromatic N) is 2. The van der Waals surface area contributed by atoms with Crippen molar-refractivity contribution in [2.75, 3.05) is 45.8 Å². The third-order valence-electron chi connectivity index (χ3n) is 4.03. The average molecular weight is 283 g/mol. The second-order valence-corrected chi connectivity index (χ2v) is 7.08. The lowest BCUT2D eigenvalue weighted by Crippen LogP contribution is -2.48. The molecule has 0 aliphatic carbocycles. The third kappa shape index (κ3) is 4.72. The van der Waals surface area contributed by atoms with Crippen molar-refractivity contribution >= 4 is 5.97 Å². The van der Waals surface area contributed by atoms with Gasteiger partial charge in [0.2, 0.25) is 0 Å². The van der Waals surface area contributed by atoms with Gasteiger partial charge in [-0.05, 0) is 39.5 Å². The van der Waals surface area contributed by atoms with Crippen molar-refractivity contribution in [3.8, 4) is 0 Å². The molecule has 5 heteroatoms. The molecule has 116 valence electrons. The summed E-state index contributed by atoms with van der Waals surface area (Å²) in [6.07, 6.45) is 2.36. The van der Waals surface area contributed by atoms with Crippen molar-refractivity contribution < 1.29 is 9.63 Å². The first-order valence-electron chi connectivity index (χ1n) is 7.85. The number of piperidine rings is 1. The summed E-state index contributed by atoms with van der Waals surface area (Å²) in [6, 6.07) is 0. The van der Waals surface area contributed by atoms with Crippen LogP contribution in [0.15, 0.2) is 0 Å². The molecule has 0 saturated carbocycles. The molecule has 0 aromatic carbocycles. The van der Waals surface area contributed by atoms with Crippen LogP contribution in [0.4, 0.5) is 0 Å². The van der Waals surface area contributed by atoms with Crippen LogP contribution in [0.5, 0.6) is 0 Å². The molecule has 0 spiro atoms. The van der Waals surface area contributed by atoms with E-state index in [0.717, 1.165) is 52.2 Å². The summed E-state index contributed by atoms with van der Waals surface area (Å²) in [7, 11) is 0. The molecule has 2 fully saturated rings. The van der Waals surface area contributed by atoms with Crippen LogP contribution in [0.25, 0.3) is 0 Å². The predicted molar refractivity (Wildman–Crippen MR) is 79.2 cm³/mol. The standard InChI is InChI=1S/C15H29N3O2/c1-15(2,3)14(19)20-18-8-4-5-13(12-18)11-17-9-6-16-7-10-17/h13,16H,4-12H2,1-3H3. The van der Waals surface area contributed by atoms with Crippen molar-refractivity contribution in [2.45, 2.75) is 33.6 Å². The number of hydroxylamine groups is 2. The molecule has 0 bridgehead atoms. The number of hydrogen-bond donors (Lipinski definition) is 1. The van der Waals surface area contributed by atoms with Crippen molar-refractivity contribution in [1.82, 2.24) is 15.3 Å². The fourth-order valence-electron chi connectivity index (χ4n) is 2.77. The Bertz CT molecular complexity index is 322. The summed E-state index contributed by atoms with van der Waals surface area (Å²) in [5.74, 6) is 0.495. The molecule has 20 heavy (non-hydrogen) atoms. The van der Waals surface area contributed by atoms with Gasteiger partial charge in [-0.1, -0.05) is 0 Å². The largest absolute Gasteiger partial charge is 0.367 e. The van der Waals surface area contributed by atoms with E-state index in [-0.39, 0.29) is 5.97 Å². The van der Waals surface area contributed by atoms with Gasteiger partial charge >= 0.3 is 5.97 Å². The van der Waals surface area contributed by atoms with Gasteiger partial charge < -0.3 is 15.1 Å². The highest BCUT2D eigenvalue weighted by Crippen LogP contribution is 2.21. The molecule has 0 aromatic heterocycles. The van der Waals surface area contributed by atoms with E-state index in [4.69, 9.17) is 4.84 Å². The Balaban J connectivity index is 1.77. The van der Waals surface area contributed by atoms with Gasteiger partial charge in [0.25, 0.3) is 0 Å². The van der Waals surface area contributed by atoms with Gasteiger partial charge in [-0.2, -0.15) is 0 Å². The van der Waals surface area contributed by atoms with Crippen LogP contribution in [0.1, 0.15) is 33.6 Å². The van der Waals surface area contributed by atoms with Gasteiger partial charge in [-0.3, -0.25) is 0 Å². The monoisotopic (exact) mass is 283 g/mol. The van der Waals surface area contributed by atoms with Crippen LogP contribution in [0.2, 0.25) is 0 Å². The second-order valence-electron chi connectivity index (χ2n) is 7.08. The zero-order valence-electron chi connectivity index (χ0n) is 13.2. The minimum atomic E-state index is -0.425. The molecule has 2 saturated heterocycles. The van der Waals surface area contributed by atoms with E-state index in [9.17, 15) is 4.79 Å². The number of carbonyl (C=O) groups is 1. The van der Waals surface area contributed by atoms with E-state index < -0.39 is 5.41 Å². The predicted octanol–water partition coefficient (Wildman–Crippen LogP) is 1.11. The smallest absolute Gasteiger partial charge is 0.330 e. The van der Waals surface area contributed by atoms with Gasteiger partial charge in [0.15, 0.2) is 0 Å². The lowest BCUT2D eigenvalue weighted by atomic mass is 9.97. The summed E-state index contributed by atoms with van der Waals surface area (Å²) in [6.45, 7) is 13.0. The van der Waals surface area contributed by atoms with Crippen molar-refractivity contribution in [2.24, 2.45) is 11.3 Å². The van der Waals surface area contributed by atoms with Crippen molar-refractivity contribution in [1.29, 1.82) is 0 Å². The summed E-state index contributed by atoms with van der Waals surface area (Å²) < 4.78 is 0. The molecular weight excluding hydrogens is 254 g/mol. The number of rotatable bonds is 3. The second kappa shape index (κ2) is 6.87. The maximum Gasteiger partial charge on any atom is 0.330 e. The average Bonchev–Trinajstić information content (AvgIpc) is 2.39. The van der Waals surface area contributed by atoms with Crippen LogP contribution in [-0.2, 0) is 9.63 Å². The molecule has 0 radical (unpaired) electrons. The number of piperazine rings is 1. The topological polar surface area (TPSA) is 44.8 Å². The minimum absolute atomic E-state index is 0.125. The fraction of sp³-hybridized carbons (Fsp3) is 0.933. The number of nitrogens with one attached hydrogen (secondary N) is 1. The first kappa shape index (κ1) is 15.7. The van der Waals surface area contributed by atoms with Gasteiger partial charge in [0, 0.05) is 45.8 Å². The van der Waals surface area contributed by atoms with Gasteiger partial charge in [0.1, 0.15) is 0 Å². The molecule has 2 heterocycles. The normalized spacial score (nSPS) is 26.4. The van der Waals surface area contributed by atoms with E-state index in [1.807, 2.05) is 25.8 Å². The Morgan fingerprint density at radius 2 is 1.95 bits per heavy atom. The quantitative estimate of drug-likeness (QED) is 0.840. The van der Waals surface area contributed by atoms with Crippen LogP contribution < -0.4 is 5.32 Å². The SMILES string of the molecule is CC(C)(C)C(=O)ON1CCCC(CN2CCNCC2)C1. The summed E-state index contributed by atoms with van der Waals surface area (Å²) in [5, 5.41) is 5.26. The minimum Gasteiger partial charge on any atom is -0.367 e. The van der Waals surface area contributed by atoms with Crippen LogP contribution >= 0.6 is 0 Å². The van der Waals surface area contributed by atoms with E-state index in [0.29, 0.717) is 5.92 Å². The Kier molecular flexibility index (Phi) is 5.41. The maximum atomic E-state index is 11.9. The van der Waals surface area contributed by atoms with Crippen LogP contribution in [0, 0.1) is 11.3 Å². The van der Waals surface area contributed by atoms with Crippen molar-refractivity contribution in [3.63, 3.8) is 0 Å². The molecule has 2 rings (SSSR count). The molecule has 1 unspecified atom stereocenters. The molecular formula is C15H29N3O2. The zero-order valence-corrected chi connectivity index (χ0v) is 13.2. The molecule has 5 nitrogen and oxygen atoms in total. The number of hydrogen-bond acceptors (Lipinski definition) is 5. The summed E-state index contributed by atoms with van der Waals surface area (Å²) >= 11 is 0. The van der Waals surface area contributed by atoms with Crippen LogP contribution in [-0.4, -0.2) is 61.7 Å². The Hall–Kier alpha value is -0.650. The van der Waals surface area contributed by atoms with Gasteiger partial charge in [0.05, 0.1) is 5.41 Å².